The van der Waals surface area contributed by atoms with Crippen LogP contribution in [0.1, 0.15) is 32.1 Å². The summed E-state index contributed by atoms with van der Waals surface area (Å²) in [7, 11) is 1.56. The quantitative estimate of drug-likeness (QED) is 0.700. The van der Waals surface area contributed by atoms with Gasteiger partial charge in [-0.1, -0.05) is 18.2 Å². The molecule has 0 aliphatic heterocycles. The second-order valence-electron chi connectivity index (χ2n) is 6.35. The Labute approximate surface area is 163 Å². The Morgan fingerprint density at radius 1 is 0.786 bits per heavy atom. The highest BCUT2D eigenvalue weighted by molar-refractivity contribution is 6.06. The number of aryl methyl sites for hydroxylation is 2. The standard InChI is InChI=1S/C22H21N3O3/c1-14-10-11-17(12-15(14)2)24-22(27)20-9-5-8-19(25-20)21(26)23-16-6-4-7-18(13-16)28-3/h4-13H,1-3H3,(H,23,26)(H,24,27). The molecule has 2 N–H and O–H groups in total. The van der Waals surface area contributed by atoms with Crippen LogP contribution in [-0.4, -0.2) is 23.9 Å². The van der Waals surface area contributed by atoms with Gasteiger partial charge in [0.1, 0.15) is 17.1 Å². The van der Waals surface area contributed by atoms with E-state index in [4.69, 9.17) is 4.74 Å². The smallest absolute Gasteiger partial charge is 0.274 e. The van der Waals surface area contributed by atoms with Gasteiger partial charge in [-0.3, -0.25) is 9.59 Å². The maximum Gasteiger partial charge on any atom is 0.274 e. The van der Waals surface area contributed by atoms with Crippen LogP contribution in [0.3, 0.4) is 0 Å². The summed E-state index contributed by atoms with van der Waals surface area (Å²) in [4.78, 5) is 29.2. The van der Waals surface area contributed by atoms with Crippen molar-refractivity contribution in [1.29, 1.82) is 0 Å². The molecule has 142 valence electrons. The van der Waals surface area contributed by atoms with Crippen molar-refractivity contribution in [2.45, 2.75) is 13.8 Å². The van der Waals surface area contributed by atoms with Crippen LogP contribution in [0.15, 0.2) is 60.7 Å². The summed E-state index contributed by atoms with van der Waals surface area (Å²) in [5, 5.41) is 5.56. The van der Waals surface area contributed by atoms with Crippen molar-refractivity contribution in [2.24, 2.45) is 0 Å². The summed E-state index contributed by atoms with van der Waals surface area (Å²) in [6, 6.07) is 17.4. The first-order valence-electron chi connectivity index (χ1n) is 8.77. The van der Waals surface area contributed by atoms with E-state index in [2.05, 4.69) is 15.6 Å². The van der Waals surface area contributed by atoms with Gasteiger partial charge in [0.25, 0.3) is 11.8 Å². The van der Waals surface area contributed by atoms with Gasteiger partial charge in [0.15, 0.2) is 0 Å². The average molecular weight is 375 g/mol. The highest BCUT2D eigenvalue weighted by Gasteiger charge is 2.13. The van der Waals surface area contributed by atoms with Crippen LogP contribution in [0.4, 0.5) is 11.4 Å². The van der Waals surface area contributed by atoms with Crippen molar-refractivity contribution < 1.29 is 14.3 Å². The van der Waals surface area contributed by atoms with Crippen LogP contribution >= 0.6 is 0 Å². The second kappa shape index (κ2) is 8.35. The minimum atomic E-state index is -0.408. The lowest BCUT2D eigenvalue weighted by Gasteiger charge is -2.09. The Hall–Kier alpha value is -3.67. The number of hydrogen-bond acceptors (Lipinski definition) is 4. The van der Waals surface area contributed by atoms with Crippen LogP contribution in [-0.2, 0) is 0 Å². The number of benzene rings is 2. The first-order valence-corrected chi connectivity index (χ1v) is 8.77. The van der Waals surface area contributed by atoms with E-state index in [0.29, 0.717) is 17.1 Å². The molecule has 0 saturated heterocycles. The lowest BCUT2D eigenvalue weighted by atomic mass is 10.1. The van der Waals surface area contributed by atoms with E-state index < -0.39 is 5.91 Å². The summed E-state index contributed by atoms with van der Waals surface area (Å²) in [5.41, 5.74) is 3.80. The number of nitrogens with one attached hydrogen (secondary N) is 2. The third-order valence-electron chi connectivity index (χ3n) is 4.31. The van der Waals surface area contributed by atoms with E-state index in [9.17, 15) is 9.59 Å². The largest absolute Gasteiger partial charge is 0.497 e. The molecule has 2 amide bonds. The predicted molar refractivity (Wildman–Crippen MR) is 109 cm³/mol. The minimum absolute atomic E-state index is 0.149. The van der Waals surface area contributed by atoms with Crippen molar-refractivity contribution in [3.05, 3.63) is 83.2 Å². The summed E-state index contributed by atoms with van der Waals surface area (Å²) >= 11 is 0. The number of amides is 2. The zero-order valence-electron chi connectivity index (χ0n) is 15.9. The Kier molecular flexibility index (Phi) is 5.69. The molecule has 3 aromatic rings. The zero-order chi connectivity index (χ0) is 20.1. The van der Waals surface area contributed by atoms with E-state index in [0.717, 1.165) is 11.1 Å². The lowest BCUT2D eigenvalue weighted by Crippen LogP contribution is -2.18. The van der Waals surface area contributed by atoms with Crippen LogP contribution in [0.25, 0.3) is 0 Å². The Morgan fingerprint density at radius 2 is 1.39 bits per heavy atom. The fourth-order valence-electron chi connectivity index (χ4n) is 2.60. The second-order valence-corrected chi connectivity index (χ2v) is 6.35. The third-order valence-corrected chi connectivity index (χ3v) is 4.31. The predicted octanol–water partition coefficient (Wildman–Crippen LogP) is 4.21. The van der Waals surface area contributed by atoms with Gasteiger partial charge >= 0.3 is 0 Å². The Balaban J connectivity index is 1.74. The van der Waals surface area contributed by atoms with Crippen LogP contribution in [0, 0.1) is 13.8 Å². The molecule has 2 aromatic carbocycles. The Bertz CT molecular complexity index is 1030. The number of methoxy groups -OCH3 is 1. The molecule has 0 aliphatic rings. The first-order chi connectivity index (χ1) is 13.5. The molecule has 0 atom stereocenters. The van der Waals surface area contributed by atoms with Crippen molar-refractivity contribution in [3.63, 3.8) is 0 Å². The molecule has 6 heteroatoms. The number of carbonyl (C=O) groups excluding carboxylic acids is 2. The fourth-order valence-corrected chi connectivity index (χ4v) is 2.60. The number of nitrogens with zero attached hydrogens (tertiary/aromatic N) is 1. The molecule has 0 spiro atoms. The van der Waals surface area contributed by atoms with Gasteiger partial charge in [0.05, 0.1) is 7.11 Å². The highest BCUT2D eigenvalue weighted by atomic mass is 16.5. The maximum absolute atomic E-state index is 12.5. The van der Waals surface area contributed by atoms with Crippen molar-refractivity contribution >= 4 is 23.2 Å². The molecular formula is C22H21N3O3. The van der Waals surface area contributed by atoms with Gasteiger partial charge in [0.2, 0.25) is 0 Å². The van der Waals surface area contributed by atoms with Crippen LogP contribution < -0.4 is 15.4 Å². The molecule has 0 fully saturated rings. The number of hydrogen-bond donors (Lipinski definition) is 2. The van der Waals surface area contributed by atoms with Gasteiger partial charge in [-0.2, -0.15) is 0 Å². The van der Waals surface area contributed by atoms with Gasteiger partial charge in [-0.05, 0) is 61.4 Å². The SMILES string of the molecule is COc1cccc(NC(=O)c2cccc(C(=O)Nc3ccc(C)c(C)c3)n2)c1. The van der Waals surface area contributed by atoms with Crippen molar-refractivity contribution in [3.8, 4) is 5.75 Å². The number of anilines is 2. The third kappa shape index (κ3) is 4.54. The van der Waals surface area contributed by atoms with E-state index in [1.807, 2.05) is 32.0 Å². The number of aromatic nitrogens is 1. The normalized spacial score (nSPS) is 10.2. The van der Waals surface area contributed by atoms with E-state index >= 15 is 0 Å². The topological polar surface area (TPSA) is 80.3 Å². The minimum Gasteiger partial charge on any atom is -0.497 e. The summed E-state index contributed by atoms with van der Waals surface area (Å²) < 4.78 is 5.15. The molecule has 0 radical (unpaired) electrons. The van der Waals surface area contributed by atoms with Crippen molar-refractivity contribution in [2.75, 3.05) is 17.7 Å². The average Bonchev–Trinajstić information content (AvgIpc) is 2.71. The Morgan fingerprint density at radius 3 is 2.00 bits per heavy atom. The number of pyridine rings is 1. The molecule has 1 aromatic heterocycles. The number of rotatable bonds is 5. The molecule has 0 bridgehead atoms. The number of carbonyl (C=O) groups is 2. The molecule has 6 nitrogen and oxygen atoms in total. The molecular weight excluding hydrogens is 354 g/mol. The van der Waals surface area contributed by atoms with Crippen LogP contribution in [0.2, 0.25) is 0 Å². The van der Waals surface area contributed by atoms with Gasteiger partial charge in [-0.15, -0.1) is 0 Å². The van der Waals surface area contributed by atoms with Crippen molar-refractivity contribution in [1.82, 2.24) is 4.98 Å². The summed E-state index contributed by atoms with van der Waals surface area (Å²) in [6.45, 7) is 3.99. The van der Waals surface area contributed by atoms with Gasteiger partial charge < -0.3 is 15.4 Å². The van der Waals surface area contributed by atoms with E-state index in [1.165, 1.54) is 0 Å². The van der Waals surface area contributed by atoms with E-state index in [-0.39, 0.29) is 17.3 Å². The molecule has 0 aliphatic carbocycles. The van der Waals surface area contributed by atoms with Gasteiger partial charge in [-0.25, -0.2) is 4.98 Å². The number of ether oxygens (including phenoxy) is 1. The molecule has 0 saturated carbocycles. The lowest BCUT2D eigenvalue weighted by molar-refractivity contribution is 0.101. The van der Waals surface area contributed by atoms with E-state index in [1.54, 1.807) is 49.6 Å². The summed E-state index contributed by atoms with van der Waals surface area (Å²) in [6.07, 6.45) is 0. The molecule has 0 unspecified atom stereocenters. The maximum atomic E-state index is 12.5. The fraction of sp³-hybridized carbons (Fsp3) is 0.136. The summed E-state index contributed by atoms with van der Waals surface area (Å²) in [5.74, 6) is -0.152. The zero-order valence-corrected chi connectivity index (χ0v) is 15.9. The highest BCUT2D eigenvalue weighted by Crippen LogP contribution is 2.18. The van der Waals surface area contributed by atoms with Gasteiger partial charge in [0, 0.05) is 17.4 Å². The molecule has 28 heavy (non-hydrogen) atoms. The van der Waals surface area contributed by atoms with Crippen LogP contribution in [0.5, 0.6) is 5.75 Å². The molecule has 3 rings (SSSR count). The molecule has 1 heterocycles. The first kappa shape index (κ1) is 19.1. The monoisotopic (exact) mass is 375 g/mol.